The molecule has 6 nitrogen and oxygen atoms in total. The first-order chi connectivity index (χ1) is 16.6. The number of carbonyl (C=O) groups excluding carboxylic acids is 2. The van der Waals surface area contributed by atoms with Gasteiger partial charge in [-0.05, 0) is 77.4 Å². The van der Waals surface area contributed by atoms with E-state index in [1.54, 1.807) is 54.7 Å². The third-order valence-electron chi connectivity index (χ3n) is 5.13. The van der Waals surface area contributed by atoms with Crippen LogP contribution in [0.4, 0.5) is 0 Å². The summed E-state index contributed by atoms with van der Waals surface area (Å²) in [6.07, 6.45) is 1.78. The molecule has 4 aromatic rings. The van der Waals surface area contributed by atoms with Crippen molar-refractivity contribution in [1.82, 2.24) is 5.43 Å². The largest absolute Gasteiger partial charge is 0.494 e. The molecule has 0 spiro atoms. The summed E-state index contributed by atoms with van der Waals surface area (Å²) in [5, 5.41) is 6.19. The molecule has 170 valence electrons. The van der Waals surface area contributed by atoms with Gasteiger partial charge in [-0.2, -0.15) is 5.10 Å². The summed E-state index contributed by atoms with van der Waals surface area (Å²) >= 11 is 0. The number of hydrazone groups is 1. The monoisotopic (exact) mass is 452 g/mol. The first-order valence-corrected chi connectivity index (χ1v) is 11.0. The van der Waals surface area contributed by atoms with Gasteiger partial charge in [0, 0.05) is 0 Å². The van der Waals surface area contributed by atoms with Gasteiger partial charge in [0.25, 0.3) is 0 Å². The van der Waals surface area contributed by atoms with Crippen molar-refractivity contribution in [3.05, 3.63) is 108 Å². The molecule has 0 aromatic heterocycles. The molecule has 34 heavy (non-hydrogen) atoms. The Morgan fingerprint density at radius 2 is 1.56 bits per heavy atom. The van der Waals surface area contributed by atoms with Crippen LogP contribution in [0.3, 0.4) is 0 Å². The maximum atomic E-state index is 12.3. The topological polar surface area (TPSA) is 77.0 Å². The molecule has 0 heterocycles. The van der Waals surface area contributed by atoms with Gasteiger partial charge in [0.15, 0.2) is 0 Å². The van der Waals surface area contributed by atoms with E-state index in [9.17, 15) is 9.59 Å². The summed E-state index contributed by atoms with van der Waals surface area (Å²) in [6.45, 7) is 2.46. The van der Waals surface area contributed by atoms with Crippen molar-refractivity contribution in [2.45, 2.75) is 13.3 Å². The fourth-order valence-electron chi connectivity index (χ4n) is 3.48. The highest BCUT2D eigenvalue weighted by molar-refractivity contribution is 5.92. The first kappa shape index (κ1) is 22.7. The summed E-state index contributed by atoms with van der Waals surface area (Å²) in [4.78, 5) is 24.6. The first-order valence-electron chi connectivity index (χ1n) is 11.0. The highest BCUT2D eigenvalue weighted by atomic mass is 16.5. The molecule has 4 aromatic carbocycles. The van der Waals surface area contributed by atoms with Gasteiger partial charge in [0.2, 0.25) is 5.91 Å². The zero-order valence-electron chi connectivity index (χ0n) is 18.7. The van der Waals surface area contributed by atoms with Crippen LogP contribution in [-0.2, 0) is 11.2 Å². The van der Waals surface area contributed by atoms with E-state index < -0.39 is 5.97 Å². The molecule has 0 atom stereocenters. The maximum absolute atomic E-state index is 12.3. The van der Waals surface area contributed by atoms with Gasteiger partial charge in [-0.25, -0.2) is 10.2 Å². The Labute approximate surface area is 197 Å². The van der Waals surface area contributed by atoms with Crippen LogP contribution >= 0.6 is 0 Å². The third-order valence-corrected chi connectivity index (χ3v) is 5.13. The van der Waals surface area contributed by atoms with Crippen LogP contribution in [0.5, 0.6) is 11.5 Å². The molecule has 0 aliphatic heterocycles. The number of amides is 1. The van der Waals surface area contributed by atoms with E-state index in [2.05, 4.69) is 10.5 Å². The number of nitrogens with zero attached hydrogens (tertiary/aromatic N) is 1. The van der Waals surface area contributed by atoms with Gasteiger partial charge in [-0.3, -0.25) is 4.79 Å². The Morgan fingerprint density at radius 1 is 0.853 bits per heavy atom. The zero-order valence-corrected chi connectivity index (χ0v) is 18.7. The second kappa shape index (κ2) is 10.9. The molecular weight excluding hydrogens is 428 g/mol. The van der Waals surface area contributed by atoms with Crippen LogP contribution in [0, 0.1) is 0 Å². The molecule has 4 rings (SSSR count). The van der Waals surface area contributed by atoms with Crippen molar-refractivity contribution in [1.29, 1.82) is 0 Å². The molecule has 1 amide bonds. The number of ether oxygens (including phenoxy) is 2. The number of fused-ring (bicyclic) bond motifs is 1. The van der Waals surface area contributed by atoms with Crippen molar-refractivity contribution in [3.63, 3.8) is 0 Å². The quantitative estimate of drug-likeness (QED) is 0.174. The fourth-order valence-corrected chi connectivity index (χ4v) is 3.48. The minimum Gasteiger partial charge on any atom is -0.494 e. The average molecular weight is 453 g/mol. The predicted molar refractivity (Wildman–Crippen MR) is 132 cm³/mol. The Kier molecular flexibility index (Phi) is 7.30. The number of nitrogens with one attached hydrogen (secondary N) is 1. The SMILES string of the molecule is CCOc1ccc(C(=O)Oc2ccc(/C=N\NC(=O)Cc3cccc4ccccc34)cc2)cc1. The molecule has 0 fully saturated rings. The average Bonchev–Trinajstić information content (AvgIpc) is 2.86. The lowest BCUT2D eigenvalue weighted by atomic mass is 10.0. The highest BCUT2D eigenvalue weighted by Gasteiger charge is 2.09. The molecule has 0 aliphatic rings. The lowest BCUT2D eigenvalue weighted by Crippen LogP contribution is -2.19. The van der Waals surface area contributed by atoms with E-state index in [4.69, 9.17) is 9.47 Å². The summed E-state index contributed by atoms with van der Waals surface area (Å²) in [7, 11) is 0. The smallest absolute Gasteiger partial charge is 0.343 e. The summed E-state index contributed by atoms with van der Waals surface area (Å²) in [6, 6.07) is 27.5. The van der Waals surface area contributed by atoms with Crippen molar-refractivity contribution < 1.29 is 19.1 Å². The predicted octanol–water partition coefficient (Wildman–Crippen LogP) is 5.15. The molecule has 0 saturated heterocycles. The van der Waals surface area contributed by atoms with E-state index in [0.29, 0.717) is 23.7 Å². The molecule has 0 bridgehead atoms. The van der Waals surface area contributed by atoms with Crippen molar-refractivity contribution in [3.8, 4) is 11.5 Å². The molecular formula is C28H24N2O4. The van der Waals surface area contributed by atoms with Gasteiger partial charge in [-0.1, -0.05) is 42.5 Å². The summed E-state index contributed by atoms with van der Waals surface area (Å²) in [5.74, 6) is 0.460. The Hall–Kier alpha value is -4.45. The van der Waals surface area contributed by atoms with Crippen LogP contribution in [-0.4, -0.2) is 24.7 Å². The van der Waals surface area contributed by atoms with E-state index >= 15 is 0 Å². The molecule has 0 radical (unpaired) electrons. The second-order valence-electron chi connectivity index (χ2n) is 7.52. The minimum absolute atomic E-state index is 0.200. The number of esters is 1. The molecule has 6 heteroatoms. The summed E-state index contributed by atoms with van der Waals surface area (Å²) < 4.78 is 10.8. The van der Waals surface area contributed by atoms with E-state index in [1.165, 1.54) is 0 Å². The highest BCUT2D eigenvalue weighted by Crippen LogP contribution is 2.19. The van der Waals surface area contributed by atoms with Gasteiger partial charge in [0.05, 0.1) is 24.8 Å². The zero-order chi connectivity index (χ0) is 23.8. The van der Waals surface area contributed by atoms with Crippen molar-refractivity contribution in [2.75, 3.05) is 6.61 Å². The van der Waals surface area contributed by atoms with Crippen LogP contribution in [0.25, 0.3) is 10.8 Å². The van der Waals surface area contributed by atoms with Crippen molar-refractivity contribution in [2.24, 2.45) is 5.10 Å². The van der Waals surface area contributed by atoms with Gasteiger partial charge in [-0.15, -0.1) is 0 Å². The van der Waals surface area contributed by atoms with Gasteiger partial charge in [0.1, 0.15) is 11.5 Å². The number of benzene rings is 4. The molecule has 0 unspecified atom stereocenters. The number of carbonyl (C=O) groups is 2. The van der Waals surface area contributed by atoms with Crippen molar-refractivity contribution >= 4 is 28.9 Å². The normalized spacial score (nSPS) is 10.9. The van der Waals surface area contributed by atoms with Crippen LogP contribution < -0.4 is 14.9 Å². The number of hydrogen-bond donors (Lipinski definition) is 1. The third kappa shape index (κ3) is 5.86. The fraction of sp³-hybridized carbons (Fsp3) is 0.107. The molecule has 1 N–H and O–H groups in total. The lowest BCUT2D eigenvalue weighted by molar-refractivity contribution is -0.120. The maximum Gasteiger partial charge on any atom is 0.343 e. The lowest BCUT2D eigenvalue weighted by Gasteiger charge is -2.06. The van der Waals surface area contributed by atoms with E-state index in [-0.39, 0.29) is 12.3 Å². The van der Waals surface area contributed by atoms with E-state index in [1.807, 2.05) is 49.4 Å². The second-order valence-corrected chi connectivity index (χ2v) is 7.52. The molecule has 0 aliphatic carbocycles. The van der Waals surface area contributed by atoms with Crippen LogP contribution in [0.2, 0.25) is 0 Å². The molecule has 0 saturated carbocycles. The van der Waals surface area contributed by atoms with Gasteiger partial charge >= 0.3 is 5.97 Å². The van der Waals surface area contributed by atoms with Gasteiger partial charge < -0.3 is 9.47 Å². The van der Waals surface area contributed by atoms with Crippen LogP contribution in [0.1, 0.15) is 28.4 Å². The Balaban J connectivity index is 1.30. The Morgan fingerprint density at radius 3 is 2.32 bits per heavy atom. The number of rotatable bonds is 8. The Bertz CT molecular complexity index is 1310. The van der Waals surface area contributed by atoms with Crippen LogP contribution in [0.15, 0.2) is 96.1 Å². The van der Waals surface area contributed by atoms with E-state index in [0.717, 1.165) is 21.9 Å². The summed E-state index contributed by atoms with van der Waals surface area (Å²) in [5.41, 5.74) is 4.70. The standard InChI is InChI=1S/C28H24N2O4/c1-2-33-24-16-12-22(13-17-24)28(32)34-25-14-10-20(11-15-25)19-29-30-27(31)18-23-8-5-7-21-6-3-4-9-26(21)23/h3-17,19H,2,18H2,1H3,(H,30,31)/b29-19-. The number of hydrogen-bond acceptors (Lipinski definition) is 5. The minimum atomic E-state index is -0.454.